The summed E-state index contributed by atoms with van der Waals surface area (Å²) in [5, 5.41) is 2.95. The molecule has 2 amide bonds. The number of nitrogens with one attached hydrogen (secondary N) is 1. The highest BCUT2D eigenvalue weighted by Gasteiger charge is 2.35. The number of halogens is 2. The van der Waals surface area contributed by atoms with Gasteiger partial charge in [-0.1, -0.05) is 31.9 Å². The van der Waals surface area contributed by atoms with Crippen molar-refractivity contribution in [2.24, 2.45) is 5.92 Å². The van der Waals surface area contributed by atoms with Gasteiger partial charge in [-0.05, 0) is 61.4 Å². The molecule has 1 saturated heterocycles. The van der Waals surface area contributed by atoms with E-state index in [1.807, 2.05) is 50.2 Å². The summed E-state index contributed by atoms with van der Waals surface area (Å²) in [6, 6.07) is 11.4. The van der Waals surface area contributed by atoms with Crippen LogP contribution < -0.4 is 10.2 Å². The quantitative estimate of drug-likeness (QED) is 0.706. The topological polar surface area (TPSA) is 49.4 Å². The van der Waals surface area contributed by atoms with Gasteiger partial charge in [-0.2, -0.15) is 0 Å². The van der Waals surface area contributed by atoms with Crippen LogP contribution in [0.3, 0.4) is 0 Å². The molecule has 0 radical (unpaired) electrons. The van der Waals surface area contributed by atoms with E-state index in [0.717, 1.165) is 31.4 Å². The maximum atomic E-state index is 12.6. The molecule has 25 heavy (non-hydrogen) atoms. The van der Waals surface area contributed by atoms with Crippen LogP contribution >= 0.6 is 31.9 Å². The van der Waals surface area contributed by atoms with Crippen LogP contribution in [0, 0.1) is 19.8 Å². The molecule has 1 heterocycles. The number of nitrogens with zero attached hydrogens (tertiary/aromatic N) is 1. The Morgan fingerprint density at radius 1 is 1.12 bits per heavy atom. The first-order valence-corrected chi connectivity index (χ1v) is 9.57. The van der Waals surface area contributed by atoms with Gasteiger partial charge in [0.1, 0.15) is 0 Å². The van der Waals surface area contributed by atoms with E-state index in [9.17, 15) is 9.59 Å². The summed E-state index contributed by atoms with van der Waals surface area (Å²) < 4.78 is 2.00. The van der Waals surface area contributed by atoms with Gasteiger partial charge in [0.2, 0.25) is 11.8 Å². The van der Waals surface area contributed by atoms with Crippen molar-refractivity contribution >= 4 is 55.0 Å². The third-order valence-electron chi connectivity index (χ3n) is 4.34. The zero-order valence-electron chi connectivity index (χ0n) is 14.0. The molecular formula is C19H18Br2N2O2. The fourth-order valence-electron chi connectivity index (χ4n) is 3.02. The zero-order chi connectivity index (χ0) is 18.1. The van der Waals surface area contributed by atoms with E-state index in [-0.39, 0.29) is 24.2 Å². The predicted octanol–water partition coefficient (Wildman–Crippen LogP) is 4.82. The first-order chi connectivity index (χ1) is 11.8. The number of rotatable bonds is 3. The Kier molecular flexibility index (Phi) is 5.29. The molecule has 4 nitrogen and oxygen atoms in total. The highest BCUT2D eigenvalue weighted by Crippen LogP contribution is 2.29. The van der Waals surface area contributed by atoms with Crippen molar-refractivity contribution < 1.29 is 9.59 Å². The number of amides is 2. The van der Waals surface area contributed by atoms with Crippen molar-refractivity contribution in [3.63, 3.8) is 0 Å². The van der Waals surface area contributed by atoms with Crippen molar-refractivity contribution in [2.75, 3.05) is 16.8 Å². The third-order valence-corrected chi connectivity index (χ3v) is 6.12. The second kappa shape index (κ2) is 7.30. The lowest BCUT2D eigenvalue weighted by molar-refractivity contribution is -0.122. The molecule has 0 unspecified atom stereocenters. The van der Waals surface area contributed by atoms with E-state index >= 15 is 0 Å². The van der Waals surface area contributed by atoms with Crippen LogP contribution in [0.4, 0.5) is 11.4 Å². The molecule has 1 N–H and O–H groups in total. The molecule has 1 fully saturated rings. The largest absolute Gasteiger partial charge is 0.326 e. The first-order valence-electron chi connectivity index (χ1n) is 7.98. The number of aryl methyl sites for hydroxylation is 2. The van der Waals surface area contributed by atoms with Gasteiger partial charge < -0.3 is 10.2 Å². The Bertz CT molecular complexity index is 811. The average Bonchev–Trinajstić information content (AvgIpc) is 2.95. The lowest BCUT2D eigenvalue weighted by Crippen LogP contribution is -2.28. The molecule has 2 aromatic carbocycles. The molecule has 0 aliphatic carbocycles. The second-order valence-corrected chi connectivity index (χ2v) is 8.00. The fraction of sp³-hybridized carbons (Fsp3) is 0.263. The smallest absolute Gasteiger partial charge is 0.229 e. The van der Waals surface area contributed by atoms with Gasteiger partial charge in [0, 0.05) is 33.3 Å². The highest BCUT2D eigenvalue weighted by molar-refractivity contribution is 9.10. The molecule has 1 aliphatic heterocycles. The van der Waals surface area contributed by atoms with E-state index < -0.39 is 0 Å². The van der Waals surface area contributed by atoms with Gasteiger partial charge in [-0.3, -0.25) is 9.59 Å². The van der Waals surface area contributed by atoms with E-state index in [2.05, 4.69) is 37.2 Å². The number of carbonyl (C=O) groups excluding carboxylic acids is 2. The number of hydrogen-bond acceptors (Lipinski definition) is 2. The number of carbonyl (C=O) groups is 2. The minimum absolute atomic E-state index is 0.0226. The Hall–Kier alpha value is -1.66. The third kappa shape index (κ3) is 3.96. The van der Waals surface area contributed by atoms with Crippen molar-refractivity contribution in [3.8, 4) is 0 Å². The van der Waals surface area contributed by atoms with Gasteiger partial charge in [0.15, 0.2) is 0 Å². The van der Waals surface area contributed by atoms with Crippen LogP contribution in [0.2, 0.25) is 0 Å². The standard InChI is InChI=1S/C19H18Br2N2O2/c1-11-7-15(8-12(2)18(11)21)22-19(25)13-9-17(24)23(10-13)16-5-3-14(20)4-6-16/h3-8,13H,9-10H2,1-2H3,(H,22,25)/t13-/m1/s1. The Balaban J connectivity index is 1.71. The molecule has 1 atom stereocenters. The Labute approximate surface area is 163 Å². The van der Waals surface area contributed by atoms with Crippen molar-refractivity contribution in [3.05, 3.63) is 56.5 Å². The SMILES string of the molecule is Cc1cc(NC(=O)[C@@H]2CC(=O)N(c3ccc(Br)cc3)C2)cc(C)c1Br. The van der Waals surface area contributed by atoms with Crippen molar-refractivity contribution in [1.29, 1.82) is 0 Å². The lowest BCUT2D eigenvalue weighted by Gasteiger charge is -2.17. The van der Waals surface area contributed by atoms with Gasteiger partial charge >= 0.3 is 0 Å². The molecular weight excluding hydrogens is 448 g/mol. The van der Waals surface area contributed by atoms with Gasteiger partial charge in [-0.15, -0.1) is 0 Å². The monoisotopic (exact) mass is 464 g/mol. The lowest BCUT2D eigenvalue weighted by atomic mass is 10.1. The Morgan fingerprint density at radius 3 is 2.32 bits per heavy atom. The van der Waals surface area contributed by atoms with Crippen LogP contribution in [0.15, 0.2) is 45.3 Å². The fourth-order valence-corrected chi connectivity index (χ4v) is 3.51. The summed E-state index contributed by atoms with van der Waals surface area (Å²) in [7, 11) is 0. The first kappa shape index (κ1) is 18.1. The van der Waals surface area contributed by atoms with E-state index in [1.165, 1.54) is 0 Å². The molecule has 3 rings (SSSR count). The van der Waals surface area contributed by atoms with Gasteiger partial charge in [0.25, 0.3) is 0 Å². The predicted molar refractivity (Wildman–Crippen MR) is 107 cm³/mol. The maximum Gasteiger partial charge on any atom is 0.229 e. The normalized spacial score (nSPS) is 17.0. The van der Waals surface area contributed by atoms with E-state index in [0.29, 0.717) is 6.54 Å². The van der Waals surface area contributed by atoms with Gasteiger partial charge in [-0.25, -0.2) is 0 Å². The molecule has 2 aromatic rings. The van der Waals surface area contributed by atoms with E-state index in [1.54, 1.807) is 4.90 Å². The number of benzene rings is 2. The summed E-state index contributed by atoms with van der Waals surface area (Å²) in [6.07, 6.45) is 0.233. The van der Waals surface area contributed by atoms with Gasteiger partial charge in [0.05, 0.1) is 5.92 Å². The molecule has 0 saturated carbocycles. The van der Waals surface area contributed by atoms with Crippen LogP contribution in [0.25, 0.3) is 0 Å². The zero-order valence-corrected chi connectivity index (χ0v) is 17.1. The molecule has 0 bridgehead atoms. The van der Waals surface area contributed by atoms with Crippen LogP contribution in [-0.2, 0) is 9.59 Å². The molecule has 6 heteroatoms. The minimum atomic E-state index is -0.347. The number of hydrogen-bond donors (Lipinski definition) is 1. The van der Waals surface area contributed by atoms with Crippen LogP contribution in [-0.4, -0.2) is 18.4 Å². The highest BCUT2D eigenvalue weighted by atomic mass is 79.9. The second-order valence-electron chi connectivity index (χ2n) is 6.30. The molecule has 0 spiro atoms. The molecule has 1 aliphatic rings. The van der Waals surface area contributed by atoms with E-state index in [4.69, 9.17) is 0 Å². The van der Waals surface area contributed by atoms with Crippen LogP contribution in [0.5, 0.6) is 0 Å². The summed E-state index contributed by atoms with van der Waals surface area (Å²) >= 11 is 6.91. The minimum Gasteiger partial charge on any atom is -0.326 e. The summed E-state index contributed by atoms with van der Waals surface area (Å²) in [5.41, 5.74) is 3.71. The molecule has 130 valence electrons. The summed E-state index contributed by atoms with van der Waals surface area (Å²) in [4.78, 5) is 26.6. The summed E-state index contributed by atoms with van der Waals surface area (Å²) in [5.74, 6) is -0.486. The number of anilines is 2. The maximum absolute atomic E-state index is 12.6. The summed E-state index contributed by atoms with van der Waals surface area (Å²) in [6.45, 7) is 4.38. The van der Waals surface area contributed by atoms with Crippen molar-refractivity contribution in [1.82, 2.24) is 0 Å². The average molecular weight is 466 g/mol. The van der Waals surface area contributed by atoms with Crippen molar-refractivity contribution in [2.45, 2.75) is 20.3 Å². The van der Waals surface area contributed by atoms with Crippen LogP contribution in [0.1, 0.15) is 17.5 Å². The molecule has 0 aromatic heterocycles. The Morgan fingerprint density at radius 2 is 1.72 bits per heavy atom.